The molecule has 0 aromatic carbocycles. The van der Waals surface area contributed by atoms with E-state index in [1.165, 1.54) is 12.4 Å². The Morgan fingerprint density at radius 3 is 1.96 bits per heavy atom. The molecule has 2 rings (SSSR count). The van der Waals surface area contributed by atoms with Gasteiger partial charge in [0.2, 0.25) is 10.3 Å². The summed E-state index contributed by atoms with van der Waals surface area (Å²) in [5.74, 6) is 8.15. The van der Waals surface area contributed by atoms with Crippen molar-refractivity contribution in [2.45, 2.75) is 13.8 Å². The molecule has 0 aliphatic carbocycles. The molecular weight excluding hydrogens is 384 g/mol. The Hall–Kier alpha value is -3.66. The molecule has 124 valence electrons. The molecule has 0 aliphatic heterocycles. The molecule has 4 N–H and O–H groups in total. The molecule has 2 aromatic heterocycles. The maximum atomic E-state index is 6.71. The standard InChI is InChI=1S/C8H6N4.C5H3BrN4.C3H4/c1-3-4-6-5-11-7(9)8(10-2)12-6;1-8-5-4(7)9-2-3(6)10-5;1-3-2/h5H,1H3,(H2,9,11);2H,(H2,7,9);1H,2H3. The Morgan fingerprint density at radius 2 is 1.52 bits per heavy atom. The third-order valence-electron chi connectivity index (χ3n) is 2.00. The highest BCUT2D eigenvalue weighted by atomic mass is 79.9. The minimum absolute atomic E-state index is 0.107. The average Bonchev–Trinajstić information content (AvgIpc) is 2.60. The van der Waals surface area contributed by atoms with Gasteiger partial charge in [0.15, 0.2) is 0 Å². The summed E-state index contributed by atoms with van der Waals surface area (Å²) in [6.07, 6.45) is 7.49. The van der Waals surface area contributed by atoms with Gasteiger partial charge in [-0.3, -0.25) is 0 Å². The summed E-state index contributed by atoms with van der Waals surface area (Å²) in [6.45, 7) is 16.7. The second-order valence-electron chi connectivity index (χ2n) is 3.75. The van der Waals surface area contributed by atoms with Gasteiger partial charge >= 0.3 is 11.6 Å². The second-order valence-corrected chi connectivity index (χ2v) is 4.57. The molecule has 0 saturated heterocycles. The first kappa shape index (κ1) is 21.3. The van der Waals surface area contributed by atoms with Crippen molar-refractivity contribution in [2.24, 2.45) is 0 Å². The lowest BCUT2D eigenvalue weighted by atomic mass is 10.4. The lowest BCUT2D eigenvalue weighted by Crippen LogP contribution is -1.93. The van der Waals surface area contributed by atoms with Crippen LogP contribution in [0.1, 0.15) is 19.5 Å². The minimum Gasteiger partial charge on any atom is -0.391 e. The van der Waals surface area contributed by atoms with E-state index in [0.29, 0.717) is 10.3 Å². The van der Waals surface area contributed by atoms with Crippen molar-refractivity contribution in [1.82, 2.24) is 19.9 Å². The highest BCUT2D eigenvalue weighted by Crippen LogP contribution is 2.17. The zero-order chi connectivity index (χ0) is 19.2. The van der Waals surface area contributed by atoms with Crippen LogP contribution in [0.5, 0.6) is 0 Å². The molecule has 0 spiro atoms. The van der Waals surface area contributed by atoms with Crippen LogP contribution in [0.15, 0.2) is 17.0 Å². The summed E-state index contributed by atoms with van der Waals surface area (Å²) >= 11 is 3.06. The van der Waals surface area contributed by atoms with Crippen LogP contribution in [0.2, 0.25) is 0 Å². The summed E-state index contributed by atoms with van der Waals surface area (Å²) in [7, 11) is 0. The van der Waals surface area contributed by atoms with E-state index in [4.69, 9.17) is 24.6 Å². The monoisotopic (exact) mass is 396 g/mol. The van der Waals surface area contributed by atoms with E-state index in [9.17, 15) is 0 Å². The molecule has 2 heterocycles. The summed E-state index contributed by atoms with van der Waals surface area (Å²) in [5, 5.41) is 0. The van der Waals surface area contributed by atoms with Gasteiger partial charge in [-0.05, 0) is 19.8 Å². The molecule has 0 radical (unpaired) electrons. The number of rotatable bonds is 0. The van der Waals surface area contributed by atoms with Crippen LogP contribution in [0.4, 0.5) is 23.3 Å². The number of aromatic nitrogens is 4. The van der Waals surface area contributed by atoms with Gasteiger partial charge in [-0.1, -0.05) is 19.1 Å². The SMILES string of the molecule is C#CC.[C-]#[N+]c1nc(Br)cnc1N.[C-]#[N+]c1nc(C#CC)cnc1N. The van der Waals surface area contributed by atoms with Gasteiger partial charge in [0.1, 0.15) is 11.6 Å². The van der Waals surface area contributed by atoms with Gasteiger partial charge in [0, 0.05) is 15.9 Å². The summed E-state index contributed by atoms with van der Waals surface area (Å²) in [5.41, 5.74) is 11.1. The van der Waals surface area contributed by atoms with E-state index in [2.05, 4.69) is 69.7 Å². The van der Waals surface area contributed by atoms with Crippen LogP contribution in [-0.2, 0) is 0 Å². The van der Waals surface area contributed by atoms with Crippen molar-refractivity contribution in [2.75, 3.05) is 11.5 Å². The number of nitrogen functional groups attached to an aromatic ring is 2. The summed E-state index contributed by atoms with van der Waals surface area (Å²) in [6, 6.07) is 0. The van der Waals surface area contributed by atoms with E-state index in [1.807, 2.05) is 0 Å². The molecule has 0 bridgehead atoms. The maximum absolute atomic E-state index is 6.71. The van der Waals surface area contributed by atoms with Gasteiger partial charge in [-0.25, -0.2) is 9.97 Å². The fourth-order valence-corrected chi connectivity index (χ4v) is 1.38. The van der Waals surface area contributed by atoms with Gasteiger partial charge in [-0.15, -0.1) is 22.3 Å². The third-order valence-corrected chi connectivity index (χ3v) is 2.38. The van der Waals surface area contributed by atoms with Crippen LogP contribution in [0, 0.1) is 37.3 Å². The number of terminal acetylenes is 1. The topological polar surface area (TPSA) is 112 Å². The van der Waals surface area contributed by atoms with Crippen molar-refractivity contribution in [3.8, 4) is 24.2 Å². The van der Waals surface area contributed by atoms with Gasteiger partial charge in [0.05, 0.1) is 12.4 Å². The zero-order valence-corrected chi connectivity index (χ0v) is 15.0. The summed E-state index contributed by atoms with van der Waals surface area (Å²) < 4.78 is 0.521. The highest BCUT2D eigenvalue weighted by Gasteiger charge is 2.03. The van der Waals surface area contributed by atoms with Gasteiger partial charge < -0.3 is 21.2 Å². The van der Waals surface area contributed by atoms with Crippen LogP contribution < -0.4 is 11.5 Å². The van der Waals surface area contributed by atoms with E-state index in [-0.39, 0.29) is 23.3 Å². The van der Waals surface area contributed by atoms with Crippen molar-refractivity contribution in [1.29, 1.82) is 0 Å². The van der Waals surface area contributed by atoms with Crippen molar-refractivity contribution in [3.05, 3.63) is 45.5 Å². The molecule has 2 aromatic rings. The normalized spacial score (nSPS) is 7.68. The number of hydrogen-bond acceptors (Lipinski definition) is 6. The van der Waals surface area contributed by atoms with Crippen molar-refractivity contribution >= 4 is 39.2 Å². The number of nitrogens with zero attached hydrogens (tertiary/aromatic N) is 6. The molecule has 0 saturated carbocycles. The maximum Gasteiger partial charge on any atom is 0.313 e. The quantitative estimate of drug-likeness (QED) is 0.522. The number of halogens is 1. The lowest BCUT2D eigenvalue weighted by molar-refractivity contribution is 1.19. The predicted octanol–water partition coefficient (Wildman–Crippen LogP) is 2.99. The van der Waals surface area contributed by atoms with E-state index < -0.39 is 0 Å². The number of hydrogen-bond donors (Lipinski definition) is 2. The predicted molar refractivity (Wildman–Crippen MR) is 100 cm³/mol. The van der Waals surface area contributed by atoms with E-state index in [0.717, 1.165) is 0 Å². The zero-order valence-electron chi connectivity index (χ0n) is 13.4. The Kier molecular flexibility index (Phi) is 10.1. The van der Waals surface area contributed by atoms with Crippen molar-refractivity contribution < 1.29 is 0 Å². The molecule has 0 aliphatic rings. The van der Waals surface area contributed by atoms with Crippen molar-refractivity contribution in [3.63, 3.8) is 0 Å². The highest BCUT2D eigenvalue weighted by molar-refractivity contribution is 9.10. The Morgan fingerprint density at radius 1 is 1.04 bits per heavy atom. The number of nitrogens with two attached hydrogens (primary N) is 2. The molecule has 0 atom stereocenters. The molecule has 0 fully saturated rings. The number of anilines is 2. The van der Waals surface area contributed by atoms with Crippen LogP contribution in [0.25, 0.3) is 9.69 Å². The third kappa shape index (κ3) is 7.95. The van der Waals surface area contributed by atoms with Crippen LogP contribution >= 0.6 is 15.9 Å². The fraction of sp³-hybridized carbons (Fsp3) is 0.125. The Bertz CT molecular complexity index is 907. The Balaban J connectivity index is 0.000000403. The largest absolute Gasteiger partial charge is 0.391 e. The molecule has 25 heavy (non-hydrogen) atoms. The molecule has 8 nitrogen and oxygen atoms in total. The second kappa shape index (κ2) is 11.8. The first-order valence-corrected chi connectivity index (χ1v) is 7.18. The first-order valence-electron chi connectivity index (χ1n) is 6.38. The van der Waals surface area contributed by atoms with Gasteiger partial charge in [0.25, 0.3) is 0 Å². The average molecular weight is 397 g/mol. The molecular formula is C16H13BrN8. The fourth-order valence-electron chi connectivity index (χ4n) is 1.11. The molecule has 0 unspecified atom stereocenters. The van der Waals surface area contributed by atoms with Crippen LogP contribution in [0.3, 0.4) is 0 Å². The minimum atomic E-state index is 0.107. The Labute approximate surface area is 154 Å². The molecule has 0 amide bonds. The molecule has 9 heteroatoms. The van der Waals surface area contributed by atoms with Crippen LogP contribution in [-0.4, -0.2) is 19.9 Å². The van der Waals surface area contributed by atoms with E-state index in [1.54, 1.807) is 13.8 Å². The van der Waals surface area contributed by atoms with Gasteiger partial charge in [-0.2, -0.15) is 0 Å². The lowest BCUT2D eigenvalue weighted by Gasteiger charge is -1.92. The van der Waals surface area contributed by atoms with E-state index >= 15 is 0 Å². The summed E-state index contributed by atoms with van der Waals surface area (Å²) in [4.78, 5) is 21.3. The smallest absolute Gasteiger partial charge is 0.313 e. The first-order chi connectivity index (χ1) is 11.9.